The molecule has 10 saturated heterocycles. The van der Waals surface area contributed by atoms with E-state index in [2.05, 4.69) is 0 Å². The highest BCUT2D eigenvalue weighted by Gasteiger charge is 2.65. The van der Waals surface area contributed by atoms with Gasteiger partial charge in [0.25, 0.3) is 0 Å². The van der Waals surface area contributed by atoms with Gasteiger partial charge in [-0.2, -0.15) is 0 Å². The minimum absolute atomic E-state index is 0.0289. The predicted molar refractivity (Wildman–Crippen MR) is 478 cm³/mol. The van der Waals surface area contributed by atoms with Crippen LogP contribution in [0.25, 0.3) is 0 Å². The topological polar surface area (TPSA) is 336 Å². The lowest BCUT2D eigenvalue weighted by Crippen LogP contribution is -2.71. The van der Waals surface area contributed by atoms with Crippen LogP contribution in [-0.4, -0.2) is 222 Å². The highest BCUT2D eigenvalue weighted by molar-refractivity contribution is 5.91. The second-order valence-corrected chi connectivity index (χ2v) is 34.5. The number of hydrogen-bond donors (Lipinski definition) is 1. The fraction of sp³-hybridized carbons (Fsp3) is 0.336. The van der Waals surface area contributed by atoms with Crippen LogP contribution in [-0.2, 0) is 125 Å². The molecule has 0 spiro atoms. The van der Waals surface area contributed by atoms with Crippen molar-refractivity contribution < 1.29 is 148 Å². The molecule has 10 fully saturated rings. The lowest BCUT2D eigenvalue weighted by molar-refractivity contribution is -0.431. The van der Waals surface area contributed by atoms with Crippen molar-refractivity contribution in [2.75, 3.05) is 33.0 Å². The number of benzene rings is 11. The van der Waals surface area contributed by atoms with E-state index in [1.807, 2.05) is 109 Å². The van der Waals surface area contributed by atoms with Crippen molar-refractivity contribution in [2.45, 2.75) is 192 Å². The van der Waals surface area contributed by atoms with Crippen molar-refractivity contribution in [3.8, 4) is 0 Å². The Bertz CT molecular complexity index is 5830. The predicted octanol–water partition coefficient (Wildman–Crippen LogP) is 13.4. The third-order valence-corrected chi connectivity index (χ3v) is 25.5. The Morgan fingerprint density at radius 3 is 0.674 bits per heavy atom. The summed E-state index contributed by atoms with van der Waals surface area (Å²) in [5.41, 5.74) is 4.01. The maximum atomic E-state index is 15.9. The van der Waals surface area contributed by atoms with Gasteiger partial charge in [0.2, 0.25) is 0 Å². The van der Waals surface area contributed by atoms with Crippen LogP contribution in [0.3, 0.4) is 0 Å². The highest BCUT2D eigenvalue weighted by Crippen LogP contribution is 2.49. The van der Waals surface area contributed by atoms with Gasteiger partial charge >= 0.3 is 29.8 Å². The molecule has 0 aromatic heterocycles. The Morgan fingerprint density at radius 2 is 0.420 bits per heavy atom. The standard InChI is InChI=1S/C107H98O31/c108-78-79-73(57-115-98(130-79)68-46-24-7-25-47-68)121-104(84(78)125-93(109)63-36-14-2-15-37-63)135-86-81-75(59-117-100(132-81)70-50-28-9-29-51-70)123-106(90(86)127-95(111)65-40-18-4-19-41-65)137-88-83-77(61-119-102(134-83)72-54-32-11-33-55-72)124-107(92(88)129-97(113)67-44-22-6-23-45-67)138-87-82-76(60-118-101(133-82)71-52-30-10-31-53-71)122-105(91(87)128-96(112)66-42-20-5-21-43-66)136-85-80-74(58-116-99(131-80)69-48-26-8-27-49-69)120-103(114-56-62-34-12-1-13-35-62)89(85)126-94(110)64-38-16-3-17-39-64/h1-55,73-92,98-108H,56-61H2/t73?,74?,75?,76?,77?,78-,79+,80+,81+,82+,83+,84?,85-,86-,87-,88-,89?,90?,91?,92?,98?,99?,100?,101?,102?,103+,104-,105-,106-,107-/m0/s1. The average molecular weight is 1880 g/mol. The number of aliphatic hydroxyl groups is 1. The molecule has 0 aliphatic carbocycles. The molecule has 0 amide bonds. The molecule has 15 unspecified atom stereocenters. The van der Waals surface area contributed by atoms with Gasteiger partial charge in [-0.1, -0.05) is 273 Å². The number of carbonyl (C=O) groups excluding carboxylic acids is 5. The SMILES string of the molecule is O=C(OC1[C@H](O[C@@H]2C(OC(=O)c3ccccc3)[C@H](O[C@@H]3C(OC(=O)c4ccccc4)[C@H](O[C@@H]4C(OC(=O)c5ccccc5)[C@H](O[C@@H]5C(OC(=O)c6ccccc6)[C@H](OCc6ccccc6)OC6COC(c7ccccc7)O[C@H]65)OC5COC(c6ccccc6)O[C@H]54)OC4COC(c5ccccc5)O[C@H]43)OC3COC(c4ccccc4)O[C@H]32)OC2COC(c3ccccc3)O[C@H]2[C@@H]1O)c1ccccc1. The van der Waals surface area contributed by atoms with Crippen molar-refractivity contribution in [3.05, 3.63) is 395 Å². The van der Waals surface area contributed by atoms with Gasteiger partial charge in [0.1, 0.15) is 91.6 Å². The Hall–Kier alpha value is -12.1. The fourth-order valence-electron chi connectivity index (χ4n) is 18.7. The number of rotatable bonds is 26. The number of carbonyl (C=O) groups is 5. The van der Waals surface area contributed by atoms with Gasteiger partial charge in [0.15, 0.2) is 93.4 Å². The third-order valence-electron chi connectivity index (χ3n) is 25.5. The van der Waals surface area contributed by atoms with Gasteiger partial charge in [0.05, 0.1) is 67.5 Å². The van der Waals surface area contributed by atoms with Crippen LogP contribution in [0.2, 0.25) is 0 Å². The van der Waals surface area contributed by atoms with E-state index in [9.17, 15) is 9.90 Å². The normalized spacial score (nSPS) is 33.1. The van der Waals surface area contributed by atoms with E-state index in [-0.39, 0.29) is 67.5 Å². The molecule has 30 atom stereocenters. The van der Waals surface area contributed by atoms with E-state index in [1.165, 1.54) is 24.3 Å². The zero-order valence-corrected chi connectivity index (χ0v) is 74.0. The molecule has 31 nitrogen and oxygen atoms in total. The Kier molecular flexibility index (Phi) is 28.6. The van der Waals surface area contributed by atoms with Crippen LogP contribution in [0.4, 0.5) is 0 Å². The van der Waals surface area contributed by atoms with E-state index in [0.717, 1.165) is 5.56 Å². The Morgan fingerprint density at radius 1 is 0.225 bits per heavy atom. The van der Waals surface area contributed by atoms with Crippen LogP contribution in [0.5, 0.6) is 0 Å². The Balaban J connectivity index is 0.709. The first-order chi connectivity index (χ1) is 67.9. The first-order valence-corrected chi connectivity index (χ1v) is 46.0. The molecule has 10 aliphatic rings. The van der Waals surface area contributed by atoms with Crippen molar-refractivity contribution in [2.24, 2.45) is 0 Å². The molecule has 11 aromatic carbocycles. The molecule has 10 aliphatic heterocycles. The Labute approximate surface area is 792 Å². The summed E-state index contributed by atoms with van der Waals surface area (Å²) in [4.78, 5) is 77.3. The number of esters is 5. The maximum Gasteiger partial charge on any atom is 0.338 e. The second-order valence-electron chi connectivity index (χ2n) is 34.5. The van der Waals surface area contributed by atoms with Gasteiger partial charge in [-0.15, -0.1) is 0 Å². The zero-order chi connectivity index (χ0) is 93.4. The molecule has 21 rings (SSSR count). The van der Waals surface area contributed by atoms with Gasteiger partial charge in [-0.05, 0) is 66.2 Å². The van der Waals surface area contributed by atoms with Crippen molar-refractivity contribution in [3.63, 3.8) is 0 Å². The quantitative estimate of drug-likeness (QED) is 0.0389. The minimum atomic E-state index is -1.99. The summed E-state index contributed by atoms with van der Waals surface area (Å²) in [6.07, 6.45) is -45.2. The van der Waals surface area contributed by atoms with Gasteiger partial charge in [0, 0.05) is 27.8 Å². The number of hydrogen-bond acceptors (Lipinski definition) is 31. The van der Waals surface area contributed by atoms with Gasteiger partial charge < -0.3 is 124 Å². The van der Waals surface area contributed by atoms with E-state index in [0.29, 0.717) is 27.8 Å². The van der Waals surface area contributed by atoms with Crippen LogP contribution < -0.4 is 0 Å². The molecule has 11 aromatic rings. The summed E-state index contributed by atoms with van der Waals surface area (Å²) < 4.78 is 175. The van der Waals surface area contributed by atoms with Crippen LogP contribution in [0.15, 0.2) is 334 Å². The van der Waals surface area contributed by atoms with E-state index >= 15 is 19.2 Å². The molecule has 138 heavy (non-hydrogen) atoms. The molecule has 0 radical (unpaired) electrons. The van der Waals surface area contributed by atoms with Crippen molar-refractivity contribution in [1.82, 2.24) is 0 Å². The van der Waals surface area contributed by atoms with Crippen LogP contribution in [0, 0.1) is 0 Å². The summed E-state index contributed by atoms with van der Waals surface area (Å²) in [5.74, 6) is -4.54. The summed E-state index contributed by atoms with van der Waals surface area (Å²) in [6, 6.07) is 95.3. The van der Waals surface area contributed by atoms with Gasteiger partial charge in [-0.25, -0.2) is 24.0 Å². The minimum Gasteiger partial charge on any atom is -0.450 e. The molecule has 1 N–H and O–H groups in total. The van der Waals surface area contributed by atoms with E-state index in [4.69, 9.17) is 118 Å². The van der Waals surface area contributed by atoms with Crippen LogP contribution >= 0.6 is 0 Å². The lowest BCUT2D eigenvalue weighted by Gasteiger charge is -2.54. The molecule has 0 bridgehead atoms. The lowest BCUT2D eigenvalue weighted by atomic mass is 9.93. The number of fused-ring (bicyclic) bond motifs is 5. The summed E-state index contributed by atoms with van der Waals surface area (Å²) in [6.45, 7) is -1.26. The van der Waals surface area contributed by atoms with Crippen molar-refractivity contribution >= 4 is 29.8 Å². The molecular formula is C107H98O31. The summed E-state index contributed by atoms with van der Waals surface area (Å²) in [7, 11) is 0. The van der Waals surface area contributed by atoms with Crippen LogP contribution in [0.1, 0.15) is 117 Å². The maximum absolute atomic E-state index is 15.9. The molecule has 31 heteroatoms. The number of ether oxygens (including phenoxy) is 25. The fourth-order valence-corrected chi connectivity index (χ4v) is 18.7. The molecule has 10 heterocycles. The first kappa shape index (κ1) is 92.3. The largest absolute Gasteiger partial charge is 0.450 e. The summed E-state index contributed by atoms with van der Waals surface area (Å²) >= 11 is 0. The monoisotopic (exact) mass is 1880 g/mol. The second kappa shape index (κ2) is 42.7. The van der Waals surface area contributed by atoms with E-state index in [1.54, 1.807) is 200 Å². The van der Waals surface area contributed by atoms with E-state index < -0.39 is 215 Å². The molecule has 712 valence electrons. The number of aliphatic hydroxyl groups excluding tert-OH is 1. The molecule has 0 saturated carbocycles. The smallest absolute Gasteiger partial charge is 0.338 e. The van der Waals surface area contributed by atoms with Crippen molar-refractivity contribution in [1.29, 1.82) is 0 Å². The third kappa shape index (κ3) is 20.5. The summed E-state index contributed by atoms with van der Waals surface area (Å²) in [5, 5.41) is 13.1. The zero-order valence-electron chi connectivity index (χ0n) is 74.0. The highest BCUT2D eigenvalue weighted by atomic mass is 16.8. The first-order valence-electron chi connectivity index (χ1n) is 46.0. The van der Waals surface area contributed by atoms with Gasteiger partial charge in [-0.3, -0.25) is 0 Å². The average Bonchev–Trinajstić information content (AvgIpc) is 0.737. The molecular weight excluding hydrogens is 1780 g/mol.